The van der Waals surface area contributed by atoms with Crippen LogP contribution in [0.2, 0.25) is 0 Å². The molecule has 1 aromatic rings. The van der Waals surface area contributed by atoms with E-state index in [2.05, 4.69) is 10.5 Å². The Hall–Kier alpha value is -1.91. The van der Waals surface area contributed by atoms with Crippen molar-refractivity contribution in [3.05, 3.63) is 35.6 Å². The first-order valence-electron chi connectivity index (χ1n) is 5.59. The maximum Gasteiger partial charge on any atom is 0.261 e. The van der Waals surface area contributed by atoms with E-state index in [0.717, 1.165) is 0 Å². The van der Waals surface area contributed by atoms with Gasteiger partial charge in [0.15, 0.2) is 6.61 Å². The summed E-state index contributed by atoms with van der Waals surface area (Å²) < 4.78 is 12.6. The summed E-state index contributed by atoms with van der Waals surface area (Å²) in [6.07, 6.45) is 1.42. The fourth-order valence-corrected chi connectivity index (χ4v) is 1.20. The molecule has 18 heavy (non-hydrogen) atoms. The standard InChI is InChI=1S/C13H17FN2O2/c1-13(2,3)16-12(17)9-18-15-8-10-4-6-11(14)7-5-10/h4-8H,9H2,1-3H3,(H,16,17)/b15-8+. The summed E-state index contributed by atoms with van der Waals surface area (Å²) in [6, 6.07) is 5.79. The van der Waals surface area contributed by atoms with Gasteiger partial charge in [-0.25, -0.2) is 4.39 Å². The molecule has 0 unspecified atom stereocenters. The molecule has 5 heteroatoms. The molecular formula is C13H17FN2O2. The minimum Gasteiger partial charge on any atom is -0.386 e. The number of carbonyl (C=O) groups is 1. The first-order chi connectivity index (χ1) is 8.37. The summed E-state index contributed by atoms with van der Waals surface area (Å²) in [4.78, 5) is 16.2. The molecule has 0 atom stereocenters. The Balaban J connectivity index is 2.33. The zero-order valence-electron chi connectivity index (χ0n) is 10.7. The monoisotopic (exact) mass is 252 g/mol. The molecule has 0 aliphatic heterocycles. The van der Waals surface area contributed by atoms with Crippen LogP contribution in [0, 0.1) is 5.82 Å². The quantitative estimate of drug-likeness (QED) is 0.659. The smallest absolute Gasteiger partial charge is 0.261 e. The lowest BCUT2D eigenvalue weighted by molar-refractivity contribution is -0.127. The SMILES string of the molecule is CC(C)(C)NC(=O)CO/N=C/c1ccc(F)cc1. The highest BCUT2D eigenvalue weighted by Crippen LogP contribution is 2.00. The van der Waals surface area contributed by atoms with Crippen molar-refractivity contribution in [1.82, 2.24) is 5.32 Å². The van der Waals surface area contributed by atoms with Gasteiger partial charge in [0.2, 0.25) is 0 Å². The Kier molecular flexibility index (Phi) is 4.83. The summed E-state index contributed by atoms with van der Waals surface area (Å²) in [7, 11) is 0. The van der Waals surface area contributed by atoms with Crippen LogP contribution in [-0.2, 0) is 9.63 Å². The Labute approximate surface area is 106 Å². The molecule has 0 aliphatic carbocycles. The number of nitrogens with one attached hydrogen (secondary N) is 1. The van der Waals surface area contributed by atoms with Crippen molar-refractivity contribution in [2.24, 2.45) is 5.16 Å². The molecule has 1 N–H and O–H groups in total. The average Bonchev–Trinajstić information content (AvgIpc) is 2.24. The highest BCUT2D eigenvalue weighted by atomic mass is 19.1. The zero-order valence-corrected chi connectivity index (χ0v) is 10.7. The van der Waals surface area contributed by atoms with Crippen LogP contribution in [0.5, 0.6) is 0 Å². The van der Waals surface area contributed by atoms with E-state index < -0.39 is 0 Å². The number of oxime groups is 1. The summed E-state index contributed by atoms with van der Waals surface area (Å²) in [5, 5.41) is 6.37. The molecule has 0 saturated heterocycles. The summed E-state index contributed by atoms with van der Waals surface area (Å²) in [5.41, 5.74) is 0.411. The first kappa shape index (κ1) is 14.2. The van der Waals surface area contributed by atoms with Gasteiger partial charge >= 0.3 is 0 Å². The van der Waals surface area contributed by atoms with Gasteiger partial charge in [0.25, 0.3) is 5.91 Å². The third kappa shape index (κ3) is 5.98. The minimum atomic E-state index is -0.308. The second kappa shape index (κ2) is 6.14. The summed E-state index contributed by atoms with van der Waals surface area (Å²) in [6.45, 7) is 5.50. The number of nitrogens with zero attached hydrogens (tertiary/aromatic N) is 1. The highest BCUT2D eigenvalue weighted by molar-refractivity contribution is 5.79. The molecule has 1 aromatic carbocycles. The van der Waals surface area contributed by atoms with E-state index in [-0.39, 0.29) is 23.9 Å². The fraction of sp³-hybridized carbons (Fsp3) is 0.385. The number of halogens is 1. The molecule has 0 spiro atoms. The van der Waals surface area contributed by atoms with Gasteiger partial charge in [0, 0.05) is 5.54 Å². The predicted molar refractivity (Wildman–Crippen MR) is 67.8 cm³/mol. The summed E-state index contributed by atoms with van der Waals surface area (Å²) >= 11 is 0. The van der Waals surface area contributed by atoms with Crippen LogP contribution < -0.4 is 5.32 Å². The van der Waals surface area contributed by atoms with Gasteiger partial charge in [-0.3, -0.25) is 4.79 Å². The number of hydrogen-bond acceptors (Lipinski definition) is 3. The topological polar surface area (TPSA) is 50.7 Å². The third-order valence-electron chi connectivity index (χ3n) is 1.86. The maximum absolute atomic E-state index is 12.6. The largest absolute Gasteiger partial charge is 0.386 e. The number of amides is 1. The number of carbonyl (C=O) groups excluding carboxylic acids is 1. The lowest BCUT2D eigenvalue weighted by Crippen LogP contribution is -2.42. The Morgan fingerprint density at radius 2 is 2.00 bits per heavy atom. The molecule has 0 saturated carbocycles. The molecule has 0 aromatic heterocycles. The van der Waals surface area contributed by atoms with Crippen LogP contribution in [0.1, 0.15) is 26.3 Å². The third-order valence-corrected chi connectivity index (χ3v) is 1.86. The number of benzene rings is 1. The van der Waals surface area contributed by atoms with Crippen LogP contribution in [0.25, 0.3) is 0 Å². The number of hydrogen-bond donors (Lipinski definition) is 1. The van der Waals surface area contributed by atoms with Crippen molar-refractivity contribution in [1.29, 1.82) is 0 Å². The van der Waals surface area contributed by atoms with Gasteiger partial charge in [0.05, 0.1) is 6.21 Å². The molecule has 1 amide bonds. The zero-order chi connectivity index (χ0) is 13.6. The van der Waals surface area contributed by atoms with Crippen LogP contribution in [0.4, 0.5) is 4.39 Å². The van der Waals surface area contributed by atoms with Gasteiger partial charge in [-0.1, -0.05) is 17.3 Å². The van der Waals surface area contributed by atoms with Crippen molar-refractivity contribution in [3.8, 4) is 0 Å². The van der Waals surface area contributed by atoms with E-state index in [1.54, 1.807) is 12.1 Å². The van der Waals surface area contributed by atoms with Crippen LogP contribution in [0.15, 0.2) is 29.4 Å². The van der Waals surface area contributed by atoms with Gasteiger partial charge in [0.1, 0.15) is 5.82 Å². The van der Waals surface area contributed by atoms with Crippen molar-refractivity contribution < 1.29 is 14.0 Å². The maximum atomic E-state index is 12.6. The second-order valence-corrected chi connectivity index (χ2v) is 4.86. The molecule has 0 aliphatic rings. The predicted octanol–water partition coefficient (Wildman–Crippen LogP) is 2.09. The lowest BCUT2D eigenvalue weighted by Gasteiger charge is -2.19. The van der Waals surface area contributed by atoms with Crippen molar-refractivity contribution in [2.75, 3.05) is 6.61 Å². The van der Waals surface area contributed by atoms with Gasteiger partial charge < -0.3 is 10.2 Å². The molecular weight excluding hydrogens is 235 g/mol. The van der Waals surface area contributed by atoms with Gasteiger partial charge in [-0.2, -0.15) is 0 Å². The van der Waals surface area contributed by atoms with E-state index in [0.29, 0.717) is 5.56 Å². The van der Waals surface area contributed by atoms with Crippen LogP contribution in [0.3, 0.4) is 0 Å². The van der Waals surface area contributed by atoms with E-state index >= 15 is 0 Å². The molecule has 1 rings (SSSR count). The number of rotatable bonds is 4. The molecule has 0 bridgehead atoms. The van der Waals surface area contributed by atoms with E-state index in [9.17, 15) is 9.18 Å². The minimum absolute atomic E-state index is 0.144. The van der Waals surface area contributed by atoms with Crippen molar-refractivity contribution in [2.45, 2.75) is 26.3 Å². The fourth-order valence-electron chi connectivity index (χ4n) is 1.20. The molecule has 0 radical (unpaired) electrons. The molecule has 0 fully saturated rings. The molecule has 4 nitrogen and oxygen atoms in total. The molecule has 0 heterocycles. The van der Waals surface area contributed by atoms with E-state index in [4.69, 9.17) is 4.84 Å². The van der Waals surface area contributed by atoms with Gasteiger partial charge in [-0.15, -0.1) is 0 Å². The van der Waals surface area contributed by atoms with Crippen molar-refractivity contribution in [3.63, 3.8) is 0 Å². The lowest BCUT2D eigenvalue weighted by atomic mass is 10.1. The molecule has 98 valence electrons. The van der Waals surface area contributed by atoms with Crippen molar-refractivity contribution >= 4 is 12.1 Å². The Morgan fingerprint density at radius 3 is 2.56 bits per heavy atom. The van der Waals surface area contributed by atoms with Gasteiger partial charge in [-0.05, 0) is 38.5 Å². The normalized spacial score (nSPS) is 11.6. The highest BCUT2D eigenvalue weighted by Gasteiger charge is 2.13. The van der Waals surface area contributed by atoms with Crippen LogP contribution in [-0.4, -0.2) is 24.3 Å². The van der Waals surface area contributed by atoms with E-state index in [1.807, 2.05) is 20.8 Å². The van der Waals surface area contributed by atoms with E-state index in [1.165, 1.54) is 18.3 Å². The Morgan fingerprint density at radius 1 is 1.39 bits per heavy atom. The Bertz CT molecular complexity index is 422. The first-order valence-corrected chi connectivity index (χ1v) is 5.59. The summed E-state index contributed by atoms with van der Waals surface area (Å²) in [5.74, 6) is -0.545. The second-order valence-electron chi connectivity index (χ2n) is 4.86. The average molecular weight is 252 g/mol. The van der Waals surface area contributed by atoms with Crippen LogP contribution >= 0.6 is 0 Å².